The van der Waals surface area contributed by atoms with Crippen molar-refractivity contribution in [1.82, 2.24) is 19.7 Å². The van der Waals surface area contributed by atoms with Crippen LogP contribution in [0.15, 0.2) is 18.5 Å². The topological polar surface area (TPSA) is 64.9 Å². The zero-order valence-corrected chi connectivity index (χ0v) is 10.8. The van der Waals surface area contributed by atoms with Crippen molar-refractivity contribution in [3.8, 4) is 5.82 Å². The minimum absolute atomic E-state index is 0.402. The highest BCUT2D eigenvalue weighted by Gasteiger charge is 2.06. The van der Waals surface area contributed by atoms with E-state index < -0.39 is 0 Å². The van der Waals surface area contributed by atoms with Crippen LogP contribution >= 0.6 is 0 Å². The van der Waals surface area contributed by atoms with E-state index in [1.807, 2.05) is 33.2 Å². The van der Waals surface area contributed by atoms with Gasteiger partial charge in [0.15, 0.2) is 11.6 Å². The largest absolute Gasteiger partial charge is 0.374 e. The van der Waals surface area contributed by atoms with Gasteiger partial charge >= 0.3 is 0 Å². The van der Waals surface area contributed by atoms with Crippen LogP contribution in [0.1, 0.15) is 18.3 Å². The lowest BCUT2D eigenvalue weighted by atomic mass is 10.4. The number of ether oxygens (including phenoxy) is 1. The Morgan fingerprint density at radius 2 is 2.22 bits per heavy atom. The van der Waals surface area contributed by atoms with Crippen molar-refractivity contribution in [2.24, 2.45) is 0 Å². The van der Waals surface area contributed by atoms with Crippen molar-refractivity contribution in [3.05, 3.63) is 29.8 Å². The van der Waals surface area contributed by atoms with Gasteiger partial charge < -0.3 is 10.1 Å². The summed E-state index contributed by atoms with van der Waals surface area (Å²) in [5.74, 6) is 2.13. The molecular formula is C12H17N5O. The van der Waals surface area contributed by atoms with Gasteiger partial charge in [0, 0.05) is 25.9 Å². The molecule has 2 rings (SSSR count). The molecule has 2 heterocycles. The van der Waals surface area contributed by atoms with Gasteiger partial charge in [0.05, 0.1) is 6.20 Å². The molecule has 0 spiro atoms. The summed E-state index contributed by atoms with van der Waals surface area (Å²) in [5, 5.41) is 7.25. The lowest BCUT2D eigenvalue weighted by molar-refractivity contribution is 0.128. The molecule has 0 saturated heterocycles. The Bertz CT molecular complexity index is 523. The van der Waals surface area contributed by atoms with Crippen LogP contribution in [0.3, 0.4) is 0 Å². The number of aromatic nitrogens is 4. The maximum Gasteiger partial charge on any atom is 0.159 e. The number of hydrogen-bond acceptors (Lipinski definition) is 5. The van der Waals surface area contributed by atoms with Crippen molar-refractivity contribution in [2.75, 3.05) is 19.0 Å². The van der Waals surface area contributed by atoms with Crippen LogP contribution in [0, 0.1) is 6.92 Å². The summed E-state index contributed by atoms with van der Waals surface area (Å²) in [4.78, 5) is 8.76. The van der Waals surface area contributed by atoms with Crippen molar-refractivity contribution in [2.45, 2.75) is 20.5 Å². The first-order valence-corrected chi connectivity index (χ1v) is 5.88. The summed E-state index contributed by atoms with van der Waals surface area (Å²) in [5.41, 5.74) is 1.09. The fraction of sp³-hybridized carbons (Fsp3) is 0.417. The van der Waals surface area contributed by atoms with Gasteiger partial charge in [-0.1, -0.05) is 0 Å². The van der Waals surface area contributed by atoms with Gasteiger partial charge in [-0.05, 0) is 19.4 Å². The molecule has 0 aliphatic carbocycles. The third kappa shape index (κ3) is 2.84. The fourth-order valence-corrected chi connectivity index (χ4v) is 1.52. The van der Waals surface area contributed by atoms with Crippen LogP contribution in [-0.4, -0.2) is 33.4 Å². The molecule has 0 bridgehead atoms. The Kier molecular flexibility index (Phi) is 3.88. The van der Waals surface area contributed by atoms with Gasteiger partial charge in [0.25, 0.3) is 0 Å². The van der Waals surface area contributed by atoms with Crippen molar-refractivity contribution >= 4 is 5.82 Å². The maximum atomic E-state index is 5.33. The van der Waals surface area contributed by atoms with E-state index in [4.69, 9.17) is 4.74 Å². The smallest absolute Gasteiger partial charge is 0.159 e. The molecule has 0 fully saturated rings. The zero-order valence-electron chi connectivity index (χ0n) is 10.8. The molecule has 0 atom stereocenters. The normalized spacial score (nSPS) is 10.6. The van der Waals surface area contributed by atoms with E-state index in [1.54, 1.807) is 10.9 Å². The first-order chi connectivity index (χ1) is 8.72. The highest BCUT2D eigenvalue weighted by atomic mass is 16.5. The molecule has 96 valence electrons. The molecule has 0 aliphatic rings. The fourth-order valence-electron chi connectivity index (χ4n) is 1.52. The second kappa shape index (κ2) is 5.59. The first-order valence-electron chi connectivity index (χ1n) is 5.88. The standard InChI is InChI=1S/C12H17N5O/c1-4-18-8-11-15-10(13-3)5-12(16-11)17-7-9(2)6-14-17/h5-7H,4,8H2,1-3H3,(H,13,15,16). The van der Waals surface area contributed by atoms with Crippen LogP contribution in [0.25, 0.3) is 5.82 Å². The van der Waals surface area contributed by atoms with Crippen molar-refractivity contribution in [1.29, 1.82) is 0 Å². The SMILES string of the molecule is CCOCc1nc(NC)cc(-n2cc(C)cn2)n1. The average molecular weight is 247 g/mol. The Balaban J connectivity index is 2.34. The average Bonchev–Trinajstić information content (AvgIpc) is 2.82. The van der Waals surface area contributed by atoms with Gasteiger partial charge in [-0.15, -0.1) is 0 Å². The number of rotatable bonds is 5. The summed E-state index contributed by atoms with van der Waals surface area (Å²) in [6, 6.07) is 1.85. The number of nitrogens with one attached hydrogen (secondary N) is 1. The third-order valence-electron chi connectivity index (χ3n) is 2.40. The molecule has 6 heteroatoms. The molecule has 18 heavy (non-hydrogen) atoms. The van der Waals surface area contributed by atoms with Crippen molar-refractivity contribution in [3.63, 3.8) is 0 Å². The van der Waals surface area contributed by atoms with Crippen LogP contribution in [0.5, 0.6) is 0 Å². The van der Waals surface area contributed by atoms with Crippen LogP contribution in [0.2, 0.25) is 0 Å². The summed E-state index contributed by atoms with van der Waals surface area (Å²) >= 11 is 0. The summed E-state index contributed by atoms with van der Waals surface area (Å²) < 4.78 is 7.06. The van der Waals surface area contributed by atoms with Crippen LogP contribution < -0.4 is 5.32 Å². The van der Waals surface area contributed by atoms with E-state index in [0.717, 1.165) is 17.2 Å². The van der Waals surface area contributed by atoms with E-state index in [-0.39, 0.29) is 0 Å². The second-order valence-electron chi connectivity index (χ2n) is 3.88. The van der Waals surface area contributed by atoms with Gasteiger partial charge in [0.2, 0.25) is 0 Å². The van der Waals surface area contributed by atoms with E-state index in [2.05, 4.69) is 20.4 Å². The molecule has 0 saturated carbocycles. The molecule has 2 aromatic heterocycles. The van der Waals surface area contributed by atoms with Gasteiger partial charge in [-0.2, -0.15) is 5.10 Å². The lowest BCUT2D eigenvalue weighted by Crippen LogP contribution is -2.07. The molecule has 1 N–H and O–H groups in total. The first kappa shape index (κ1) is 12.5. The van der Waals surface area contributed by atoms with E-state index in [0.29, 0.717) is 19.0 Å². The summed E-state index contributed by atoms with van der Waals surface area (Å²) in [7, 11) is 1.82. The Morgan fingerprint density at radius 3 is 2.83 bits per heavy atom. The predicted molar refractivity (Wildman–Crippen MR) is 68.8 cm³/mol. The van der Waals surface area contributed by atoms with Crippen LogP contribution in [0.4, 0.5) is 5.82 Å². The van der Waals surface area contributed by atoms with Gasteiger partial charge in [0.1, 0.15) is 12.4 Å². The Labute approximate surface area is 106 Å². The molecule has 0 unspecified atom stereocenters. The highest BCUT2D eigenvalue weighted by Crippen LogP contribution is 2.11. The molecular weight excluding hydrogens is 230 g/mol. The van der Waals surface area contributed by atoms with Crippen molar-refractivity contribution < 1.29 is 4.74 Å². The van der Waals surface area contributed by atoms with Crippen LogP contribution in [-0.2, 0) is 11.3 Å². The Hall–Kier alpha value is -1.95. The van der Waals surface area contributed by atoms with E-state index in [9.17, 15) is 0 Å². The zero-order chi connectivity index (χ0) is 13.0. The number of hydrogen-bond donors (Lipinski definition) is 1. The number of nitrogens with zero attached hydrogens (tertiary/aromatic N) is 4. The lowest BCUT2D eigenvalue weighted by Gasteiger charge is -2.07. The van der Waals surface area contributed by atoms with E-state index >= 15 is 0 Å². The van der Waals surface area contributed by atoms with Gasteiger partial charge in [-0.3, -0.25) is 0 Å². The quantitative estimate of drug-likeness (QED) is 0.868. The molecule has 0 radical (unpaired) electrons. The third-order valence-corrected chi connectivity index (χ3v) is 2.40. The monoisotopic (exact) mass is 247 g/mol. The number of aryl methyl sites for hydroxylation is 1. The predicted octanol–water partition coefficient (Wildman–Crippen LogP) is 1.55. The van der Waals surface area contributed by atoms with E-state index in [1.165, 1.54) is 0 Å². The molecule has 0 aromatic carbocycles. The minimum atomic E-state index is 0.402. The summed E-state index contributed by atoms with van der Waals surface area (Å²) in [6.07, 6.45) is 3.72. The minimum Gasteiger partial charge on any atom is -0.374 e. The Morgan fingerprint density at radius 1 is 1.39 bits per heavy atom. The highest BCUT2D eigenvalue weighted by molar-refractivity contribution is 5.40. The summed E-state index contributed by atoms with van der Waals surface area (Å²) in [6.45, 7) is 4.98. The number of anilines is 1. The second-order valence-corrected chi connectivity index (χ2v) is 3.88. The molecule has 0 amide bonds. The maximum absolute atomic E-state index is 5.33. The molecule has 6 nitrogen and oxygen atoms in total. The molecule has 2 aromatic rings. The van der Waals surface area contributed by atoms with Gasteiger partial charge in [-0.25, -0.2) is 14.6 Å². The molecule has 0 aliphatic heterocycles.